The Hall–Kier alpha value is -0.940. The third-order valence-electron chi connectivity index (χ3n) is 3.85. The average molecular weight is 252 g/mol. The second kappa shape index (κ2) is 6.29. The first kappa shape index (κ1) is 13.5. The highest BCUT2D eigenvalue weighted by Crippen LogP contribution is 2.29. The molecule has 0 saturated heterocycles. The summed E-state index contributed by atoms with van der Waals surface area (Å²) in [6, 6.07) is 0.572. The minimum Gasteiger partial charge on any atom is -0.339 e. The topological polar surface area (TPSA) is 68.2 Å². The quantitative estimate of drug-likeness (QED) is 0.832. The number of nitrogens with zero attached hydrogens (tertiary/aromatic N) is 3. The summed E-state index contributed by atoms with van der Waals surface area (Å²) in [5, 5.41) is 4.04. The predicted octanol–water partition coefficient (Wildman–Crippen LogP) is 1.58. The van der Waals surface area contributed by atoms with E-state index in [1.165, 1.54) is 19.3 Å². The van der Waals surface area contributed by atoms with Gasteiger partial charge in [-0.2, -0.15) is 4.98 Å². The van der Waals surface area contributed by atoms with Gasteiger partial charge in [-0.05, 0) is 38.8 Å². The molecule has 1 heterocycles. The van der Waals surface area contributed by atoms with Crippen molar-refractivity contribution in [1.29, 1.82) is 0 Å². The normalized spacial score (nSPS) is 24.0. The zero-order valence-corrected chi connectivity index (χ0v) is 11.4. The summed E-state index contributed by atoms with van der Waals surface area (Å²) >= 11 is 0. The second-order valence-corrected chi connectivity index (χ2v) is 5.26. The lowest BCUT2D eigenvalue weighted by Gasteiger charge is -2.27. The molecule has 1 aliphatic carbocycles. The monoisotopic (exact) mass is 252 g/mol. The number of aryl methyl sites for hydroxylation is 1. The largest absolute Gasteiger partial charge is 0.339 e. The van der Waals surface area contributed by atoms with Crippen LogP contribution in [0.2, 0.25) is 0 Å². The molecule has 1 saturated carbocycles. The SMILES string of the molecule is CCCc1nc(CN(C)C2CCCC2CN)no1. The van der Waals surface area contributed by atoms with Crippen molar-refractivity contribution in [2.75, 3.05) is 13.6 Å². The van der Waals surface area contributed by atoms with Crippen molar-refractivity contribution in [2.45, 2.75) is 51.6 Å². The molecule has 2 atom stereocenters. The molecule has 1 fully saturated rings. The summed E-state index contributed by atoms with van der Waals surface area (Å²) in [7, 11) is 2.13. The number of rotatable bonds is 6. The fourth-order valence-electron chi connectivity index (χ4n) is 2.88. The van der Waals surface area contributed by atoms with Gasteiger partial charge in [0.1, 0.15) is 0 Å². The van der Waals surface area contributed by atoms with Crippen LogP contribution in [0.1, 0.15) is 44.3 Å². The van der Waals surface area contributed by atoms with Crippen LogP contribution in [0.4, 0.5) is 0 Å². The van der Waals surface area contributed by atoms with Gasteiger partial charge in [-0.25, -0.2) is 0 Å². The fourth-order valence-corrected chi connectivity index (χ4v) is 2.88. The van der Waals surface area contributed by atoms with Gasteiger partial charge in [0.25, 0.3) is 0 Å². The van der Waals surface area contributed by atoms with Crippen LogP contribution in [0.3, 0.4) is 0 Å². The molecular weight excluding hydrogens is 228 g/mol. The summed E-state index contributed by atoms with van der Waals surface area (Å²) in [5.41, 5.74) is 5.82. The van der Waals surface area contributed by atoms with E-state index in [0.29, 0.717) is 12.0 Å². The van der Waals surface area contributed by atoms with Crippen molar-refractivity contribution in [1.82, 2.24) is 15.0 Å². The van der Waals surface area contributed by atoms with E-state index >= 15 is 0 Å². The zero-order valence-electron chi connectivity index (χ0n) is 11.4. The van der Waals surface area contributed by atoms with Gasteiger partial charge in [0, 0.05) is 12.5 Å². The Bertz CT molecular complexity index is 366. The van der Waals surface area contributed by atoms with Gasteiger partial charge in [0.15, 0.2) is 5.82 Å². The van der Waals surface area contributed by atoms with Gasteiger partial charge in [-0.15, -0.1) is 0 Å². The first-order valence-corrected chi connectivity index (χ1v) is 6.96. The van der Waals surface area contributed by atoms with Crippen molar-refractivity contribution in [2.24, 2.45) is 11.7 Å². The van der Waals surface area contributed by atoms with Crippen molar-refractivity contribution in [3.63, 3.8) is 0 Å². The second-order valence-electron chi connectivity index (χ2n) is 5.26. The van der Waals surface area contributed by atoms with Crippen LogP contribution in [0, 0.1) is 5.92 Å². The minimum absolute atomic E-state index is 0.572. The maximum absolute atomic E-state index is 5.82. The molecule has 2 N–H and O–H groups in total. The Morgan fingerprint density at radius 1 is 1.44 bits per heavy atom. The van der Waals surface area contributed by atoms with Gasteiger partial charge in [0.2, 0.25) is 5.89 Å². The van der Waals surface area contributed by atoms with E-state index in [-0.39, 0.29) is 0 Å². The van der Waals surface area contributed by atoms with E-state index in [4.69, 9.17) is 10.3 Å². The van der Waals surface area contributed by atoms with Gasteiger partial charge < -0.3 is 10.3 Å². The molecule has 0 radical (unpaired) electrons. The molecule has 1 aliphatic rings. The Labute approximate surface area is 109 Å². The highest BCUT2D eigenvalue weighted by atomic mass is 16.5. The van der Waals surface area contributed by atoms with Gasteiger partial charge >= 0.3 is 0 Å². The molecule has 18 heavy (non-hydrogen) atoms. The molecule has 5 nitrogen and oxygen atoms in total. The van der Waals surface area contributed by atoms with Gasteiger partial charge in [-0.3, -0.25) is 4.90 Å². The maximum atomic E-state index is 5.82. The van der Waals surface area contributed by atoms with Crippen LogP contribution in [0.25, 0.3) is 0 Å². The molecule has 2 rings (SSSR count). The molecule has 5 heteroatoms. The van der Waals surface area contributed by atoms with E-state index in [2.05, 4.69) is 29.0 Å². The minimum atomic E-state index is 0.572. The Kier molecular flexibility index (Phi) is 4.72. The fraction of sp³-hybridized carbons (Fsp3) is 0.846. The molecule has 2 unspecified atom stereocenters. The molecule has 0 aromatic carbocycles. The Balaban J connectivity index is 1.91. The van der Waals surface area contributed by atoms with Crippen molar-refractivity contribution in [3.8, 4) is 0 Å². The number of aromatic nitrogens is 2. The standard InChI is InChI=1S/C13H24N4O/c1-3-5-13-15-12(16-18-13)9-17(2)11-7-4-6-10(11)8-14/h10-11H,3-9,14H2,1-2H3. The maximum Gasteiger partial charge on any atom is 0.226 e. The lowest BCUT2D eigenvalue weighted by Crippen LogP contribution is -2.37. The Morgan fingerprint density at radius 2 is 2.28 bits per heavy atom. The molecule has 0 amide bonds. The molecule has 102 valence electrons. The Morgan fingerprint density at radius 3 is 3.00 bits per heavy atom. The van der Waals surface area contributed by atoms with Crippen LogP contribution in [-0.4, -0.2) is 34.7 Å². The zero-order chi connectivity index (χ0) is 13.0. The van der Waals surface area contributed by atoms with Crippen LogP contribution < -0.4 is 5.73 Å². The van der Waals surface area contributed by atoms with E-state index < -0.39 is 0 Å². The molecule has 1 aromatic rings. The van der Waals surface area contributed by atoms with Crippen LogP contribution >= 0.6 is 0 Å². The first-order chi connectivity index (χ1) is 8.74. The van der Waals surface area contributed by atoms with E-state index in [1.54, 1.807) is 0 Å². The van der Waals surface area contributed by atoms with Crippen LogP contribution in [0.15, 0.2) is 4.52 Å². The molecule has 0 aliphatic heterocycles. The molecule has 0 bridgehead atoms. The first-order valence-electron chi connectivity index (χ1n) is 6.96. The van der Waals surface area contributed by atoms with Crippen molar-refractivity contribution in [3.05, 3.63) is 11.7 Å². The number of nitrogens with two attached hydrogens (primary N) is 1. The summed E-state index contributed by atoms with van der Waals surface area (Å²) in [5.74, 6) is 2.17. The highest BCUT2D eigenvalue weighted by molar-refractivity contribution is 4.90. The summed E-state index contributed by atoms with van der Waals surface area (Å²) < 4.78 is 5.21. The third-order valence-corrected chi connectivity index (χ3v) is 3.85. The van der Waals surface area contributed by atoms with Crippen molar-refractivity contribution < 1.29 is 4.52 Å². The number of hydrogen-bond donors (Lipinski definition) is 1. The highest BCUT2D eigenvalue weighted by Gasteiger charge is 2.29. The third kappa shape index (κ3) is 3.09. The summed E-state index contributed by atoms with van der Waals surface area (Å²) in [6.07, 6.45) is 5.67. The molecule has 0 spiro atoms. The van der Waals surface area contributed by atoms with E-state index in [9.17, 15) is 0 Å². The average Bonchev–Trinajstić information content (AvgIpc) is 2.98. The van der Waals surface area contributed by atoms with E-state index in [1.807, 2.05) is 0 Å². The number of hydrogen-bond acceptors (Lipinski definition) is 5. The van der Waals surface area contributed by atoms with Crippen LogP contribution in [0.5, 0.6) is 0 Å². The van der Waals surface area contributed by atoms with Gasteiger partial charge in [0.05, 0.1) is 6.54 Å². The lowest BCUT2D eigenvalue weighted by molar-refractivity contribution is 0.186. The predicted molar refractivity (Wildman–Crippen MR) is 69.9 cm³/mol. The smallest absolute Gasteiger partial charge is 0.226 e. The van der Waals surface area contributed by atoms with Gasteiger partial charge in [-0.1, -0.05) is 18.5 Å². The van der Waals surface area contributed by atoms with Crippen LogP contribution in [-0.2, 0) is 13.0 Å². The van der Waals surface area contributed by atoms with E-state index in [0.717, 1.165) is 37.6 Å². The summed E-state index contributed by atoms with van der Waals surface area (Å²) in [6.45, 7) is 3.65. The van der Waals surface area contributed by atoms with Crippen molar-refractivity contribution >= 4 is 0 Å². The lowest BCUT2D eigenvalue weighted by atomic mass is 10.0. The molecule has 1 aromatic heterocycles. The molecular formula is C13H24N4O. The summed E-state index contributed by atoms with van der Waals surface area (Å²) in [4.78, 5) is 6.74.